The van der Waals surface area contributed by atoms with Crippen molar-refractivity contribution in [2.24, 2.45) is 0 Å². The summed E-state index contributed by atoms with van der Waals surface area (Å²) in [6, 6.07) is 8.03. The smallest absolute Gasteiger partial charge is 0.173 e. The Morgan fingerprint density at radius 3 is 2.82 bits per heavy atom. The predicted molar refractivity (Wildman–Crippen MR) is 90.7 cm³/mol. The first-order chi connectivity index (χ1) is 10.8. The topological polar surface area (TPSA) is 48.0 Å². The highest BCUT2D eigenvalue weighted by Gasteiger charge is 2.19. The van der Waals surface area contributed by atoms with Crippen LogP contribution in [0.25, 0.3) is 5.57 Å². The van der Waals surface area contributed by atoms with Gasteiger partial charge in [0.2, 0.25) is 0 Å². The van der Waals surface area contributed by atoms with Crippen molar-refractivity contribution in [2.45, 2.75) is 0 Å². The van der Waals surface area contributed by atoms with Crippen molar-refractivity contribution in [3.63, 3.8) is 0 Å². The number of benzene rings is 1. The van der Waals surface area contributed by atoms with Gasteiger partial charge in [-0.1, -0.05) is 18.2 Å². The molecular formula is C16H21N3O2S. The minimum Gasteiger partial charge on any atom is -0.488 e. The lowest BCUT2D eigenvalue weighted by Crippen LogP contribution is -2.51. The highest BCUT2D eigenvalue weighted by Crippen LogP contribution is 2.31. The molecule has 0 aromatic heterocycles. The van der Waals surface area contributed by atoms with E-state index in [9.17, 15) is 0 Å². The van der Waals surface area contributed by atoms with Gasteiger partial charge in [0.25, 0.3) is 0 Å². The first-order valence-electron chi connectivity index (χ1n) is 7.58. The minimum absolute atomic E-state index is 0.216. The summed E-state index contributed by atoms with van der Waals surface area (Å²) < 4.78 is 5.63. The number of para-hydroxylation sites is 1. The Morgan fingerprint density at radius 1 is 1.27 bits per heavy atom. The van der Waals surface area contributed by atoms with Gasteiger partial charge in [0.15, 0.2) is 5.11 Å². The van der Waals surface area contributed by atoms with Gasteiger partial charge in [0.1, 0.15) is 12.4 Å². The van der Waals surface area contributed by atoms with Crippen molar-refractivity contribution in [3.05, 3.63) is 36.0 Å². The van der Waals surface area contributed by atoms with Crippen LogP contribution in [0.3, 0.4) is 0 Å². The van der Waals surface area contributed by atoms with Crippen molar-refractivity contribution >= 4 is 22.9 Å². The number of aliphatic hydroxyl groups is 1. The SMILES string of the molecule is OCCN1CCN(C(=S)N/C=C2/COc3ccccc32)CC1. The second-order valence-electron chi connectivity index (χ2n) is 5.46. The molecule has 1 aromatic rings. The van der Waals surface area contributed by atoms with Gasteiger partial charge in [-0.2, -0.15) is 0 Å². The number of nitrogens with zero attached hydrogens (tertiary/aromatic N) is 2. The van der Waals surface area contributed by atoms with E-state index in [-0.39, 0.29) is 6.61 Å². The standard InChI is InChI=1S/C16H21N3O2S/c20-10-9-18-5-7-19(8-6-18)16(22)17-11-13-12-21-15-4-2-1-3-14(13)15/h1-4,11,20H,5-10,12H2,(H,17,22)/b13-11-. The molecule has 0 aliphatic carbocycles. The number of rotatable bonds is 3. The molecule has 0 amide bonds. The molecule has 2 aliphatic rings. The molecule has 6 heteroatoms. The average Bonchev–Trinajstić information content (AvgIpc) is 2.97. The number of fused-ring (bicyclic) bond motifs is 1. The van der Waals surface area contributed by atoms with E-state index in [4.69, 9.17) is 22.1 Å². The second-order valence-corrected chi connectivity index (χ2v) is 5.84. The number of hydrogen-bond donors (Lipinski definition) is 2. The monoisotopic (exact) mass is 319 g/mol. The van der Waals surface area contributed by atoms with E-state index in [0.29, 0.717) is 6.61 Å². The van der Waals surface area contributed by atoms with Crippen LogP contribution in [0.4, 0.5) is 0 Å². The molecule has 22 heavy (non-hydrogen) atoms. The van der Waals surface area contributed by atoms with Gasteiger partial charge in [-0.25, -0.2) is 0 Å². The third-order valence-corrected chi connectivity index (χ3v) is 4.44. The van der Waals surface area contributed by atoms with Crippen molar-refractivity contribution in [1.29, 1.82) is 0 Å². The number of aliphatic hydroxyl groups excluding tert-OH is 1. The van der Waals surface area contributed by atoms with E-state index in [1.807, 2.05) is 24.4 Å². The van der Waals surface area contributed by atoms with Gasteiger partial charge in [-0.05, 0) is 18.3 Å². The lowest BCUT2D eigenvalue weighted by Gasteiger charge is -2.35. The van der Waals surface area contributed by atoms with Crippen LogP contribution in [0, 0.1) is 0 Å². The molecule has 1 saturated heterocycles. The van der Waals surface area contributed by atoms with Crippen LogP contribution >= 0.6 is 12.2 Å². The summed E-state index contributed by atoms with van der Waals surface area (Å²) in [7, 11) is 0. The maximum atomic E-state index is 8.97. The van der Waals surface area contributed by atoms with Crippen LogP contribution in [-0.2, 0) is 0 Å². The molecule has 2 N–H and O–H groups in total. The highest BCUT2D eigenvalue weighted by atomic mass is 32.1. The first-order valence-corrected chi connectivity index (χ1v) is 7.98. The molecular weight excluding hydrogens is 298 g/mol. The minimum atomic E-state index is 0.216. The van der Waals surface area contributed by atoms with Crippen molar-refractivity contribution in [3.8, 4) is 5.75 Å². The molecule has 5 nitrogen and oxygen atoms in total. The first kappa shape index (κ1) is 15.3. The number of β-amino-alcohol motifs (C(OH)–C–C–N with tert-alkyl or cyclic N) is 1. The fourth-order valence-electron chi connectivity index (χ4n) is 2.77. The van der Waals surface area contributed by atoms with Crippen molar-refractivity contribution in [1.82, 2.24) is 15.1 Å². The quantitative estimate of drug-likeness (QED) is 0.808. The molecule has 2 aliphatic heterocycles. The van der Waals surface area contributed by atoms with E-state index >= 15 is 0 Å². The van der Waals surface area contributed by atoms with Crippen molar-refractivity contribution in [2.75, 3.05) is 45.9 Å². The molecule has 2 heterocycles. The number of thiocarbonyl (C=S) groups is 1. The lowest BCUT2D eigenvalue weighted by molar-refractivity contribution is 0.147. The van der Waals surface area contributed by atoms with Gasteiger partial charge in [-0.3, -0.25) is 4.90 Å². The van der Waals surface area contributed by atoms with Gasteiger partial charge >= 0.3 is 0 Å². The third kappa shape index (κ3) is 3.40. The Bertz CT molecular complexity index is 568. The molecule has 0 radical (unpaired) electrons. The van der Waals surface area contributed by atoms with Gasteiger partial charge in [0.05, 0.1) is 6.61 Å². The fourth-order valence-corrected chi connectivity index (χ4v) is 3.01. The van der Waals surface area contributed by atoms with Crippen LogP contribution in [0.1, 0.15) is 5.56 Å². The van der Waals surface area contributed by atoms with Crippen molar-refractivity contribution < 1.29 is 9.84 Å². The molecule has 0 spiro atoms. The van der Waals surface area contributed by atoms with Gasteiger partial charge < -0.3 is 20.1 Å². The Kier molecular flexibility index (Phi) is 4.92. The van der Waals surface area contributed by atoms with Crippen LogP contribution in [0.5, 0.6) is 5.75 Å². The molecule has 3 rings (SSSR count). The van der Waals surface area contributed by atoms with Gasteiger partial charge in [-0.15, -0.1) is 0 Å². The molecule has 0 saturated carbocycles. The zero-order chi connectivity index (χ0) is 15.4. The van der Waals surface area contributed by atoms with Crippen LogP contribution in [0.2, 0.25) is 0 Å². The van der Waals surface area contributed by atoms with E-state index in [2.05, 4.69) is 21.2 Å². The normalized spacial score (nSPS) is 19.9. The number of piperazine rings is 1. The summed E-state index contributed by atoms with van der Waals surface area (Å²) in [4.78, 5) is 4.42. The van der Waals surface area contributed by atoms with E-state index in [1.165, 1.54) is 0 Å². The van der Waals surface area contributed by atoms with E-state index < -0.39 is 0 Å². The number of nitrogens with one attached hydrogen (secondary N) is 1. The maximum Gasteiger partial charge on any atom is 0.173 e. The van der Waals surface area contributed by atoms with Crippen LogP contribution < -0.4 is 10.1 Å². The third-order valence-electron chi connectivity index (χ3n) is 4.06. The number of ether oxygens (including phenoxy) is 1. The molecule has 0 atom stereocenters. The predicted octanol–water partition coefficient (Wildman–Crippen LogP) is 0.904. The average molecular weight is 319 g/mol. The Morgan fingerprint density at radius 2 is 2.05 bits per heavy atom. The Balaban J connectivity index is 1.54. The lowest BCUT2D eigenvalue weighted by atomic mass is 10.1. The summed E-state index contributed by atoms with van der Waals surface area (Å²) in [5.41, 5.74) is 2.25. The van der Waals surface area contributed by atoms with E-state index in [0.717, 1.165) is 54.7 Å². The summed E-state index contributed by atoms with van der Waals surface area (Å²) in [5, 5.41) is 12.9. The van der Waals surface area contributed by atoms with Gasteiger partial charge in [0, 0.05) is 50.1 Å². The summed E-state index contributed by atoms with van der Waals surface area (Å²) in [6.07, 6.45) is 1.95. The summed E-state index contributed by atoms with van der Waals surface area (Å²) in [6.45, 7) is 5.19. The number of hydrogen-bond acceptors (Lipinski definition) is 4. The molecule has 1 aromatic carbocycles. The highest BCUT2D eigenvalue weighted by molar-refractivity contribution is 7.80. The zero-order valence-corrected chi connectivity index (χ0v) is 13.3. The molecule has 118 valence electrons. The fraction of sp³-hybridized carbons (Fsp3) is 0.438. The van der Waals surface area contributed by atoms with Crippen LogP contribution in [0.15, 0.2) is 30.5 Å². The molecule has 1 fully saturated rings. The zero-order valence-electron chi connectivity index (χ0n) is 12.5. The maximum absolute atomic E-state index is 8.97. The molecule has 0 bridgehead atoms. The Labute approximate surface area is 136 Å². The summed E-state index contributed by atoms with van der Waals surface area (Å²) in [5.74, 6) is 0.930. The molecule has 0 unspecified atom stereocenters. The summed E-state index contributed by atoms with van der Waals surface area (Å²) >= 11 is 5.47. The van der Waals surface area contributed by atoms with E-state index in [1.54, 1.807) is 0 Å². The second kappa shape index (κ2) is 7.09. The Hall–Kier alpha value is -1.63. The van der Waals surface area contributed by atoms with Crippen LogP contribution in [-0.4, -0.2) is 66.0 Å². The largest absolute Gasteiger partial charge is 0.488 e.